The van der Waals surface area contributed by atoms with E-state index in [1.165, 1.54) is 0 Å². The Kier molecular flexibility index (Phi) is 6.65. The second-order valence-corrected chi connectivity index (χ2v) is 7.21. The maximum absolute atomic E-state index is 14.7. The standard InChI is InChI=1S/C22H5BF12O2/c24-6-1-2-11(9(26)4-6)36-23(8-3-7(25)5-10(27)14(8)28)37-22-13-12(16(30)20(34)21(22)35)15(29)18(32)19(33)17(13)31/h1-5H. The second-order valence-electron chi connectivity index (χ2n) is 7.21. The van der Waals surface area contributed by atoms with E-state index in [9.17, 15) is 52.7 Å². The third kappa shape index (κ3) is 4.38. The number of hydrogen-bond acceptors (Lipinski definition) is 2. The van der Waals surface area contributed by atoms with E-state index in [0.717, 1.165) is 0 Å². The monoisotopic (exact) mass is 540 g/mol. The first-order chi connectivity index (χ1) is 17.3. The highest BCUT2D eigenvalue weighted by Crippen LogP contribution is 2.39. The molecule has 4 aromatic carbocycles. The third-order valence-electron chi connectivity index (χ3n) is 4.93. The molecule has 0 saturated carbocycles. The summed E-state index contributed by atoms with van der Waals surface area (Å²) in [5.74, 6) is -29.2. The zero-order valence-corrected chi connectivity index (χ0v) is 17.3. The molecule has 0 amide bonds. The van der Waals surface area contributed by atoms with E-state index < -0.39 is 105 Å². The lowest BCUT2D eigenvalue weighted by molar-refractivity contribution is 0.378. The molecule has 0 aliphatic rings. The molecule has 0 aliphatic heterocycles. The molecule has 0 unspecified atom stereocenters. The summed E-state index contributed by atoms with van der Waals surface area (Å²) in [5, 5.41) is -3.90. The molecule has 0 aromatic heterocycles. The number of benzene rings is 4. The molecule has 4 aromatic rings. The van der Waals surface area contributed by atoms with Crippen LogP contribution in [0.4, 0.5) is 52.7 Å². The van der Waals surface area contributed by atoms with Crippen molar-refractivity contribution in [3.05, 3.63) is 100 Å². The van der Waals surface area contributed by atoms with Gasteiger partial charge in [0.05, 0.1) is 16.2 Å². The van der Waals surface area contributed by atoms with Gasteiger partial charge in [0.2, 0.25) is 5.82 Å². The van der Waals surface area contributed by atoms with E-state index >= 15 is 0 Å². The summed E-state index contributed by atoms with van der Waals surface area (Å²) in [5.41, 5.74) is -1.37. The number of halogens is 12. The SMILES string of the molecule is Fc1ccc(OB(Oc2c(F)c(F)c(F)c3c(F)c(F)c(F)c(F)c23)c2cc(F)cc(F)c2F)c(F)c1. The van der Waals surface area contributed by atoms with Crippen molar-refractivity contribution in [2.75, 3.05) is 0 Å². The van der Waals surface area contributed by atoms with Crippen LogP contribution in [0.2, 0.25) is 0 Å². The number of hydrogen-bond donors (Lipinski definition) is 0. The molecule has 0 spiro atoms. The van der Waals surface area contributed by atoms with E-state index in [1.807, 2.05) is 0 Å². The fourth-order valence-electron chi connectivity index (χ4n) is 3.27. The second kappa shape index (κ2) is 9.44. The Morgan fingerprint density at radius 2 is 1.00 bits per heavy atom. The maximum Gasteiger partial charge on any atom is 0.636 e. The van der Waals surface area contributed by atoms with Gasteiger partial charge in [-0.1, -0.05) is 0 Å². The smallest absolute Gasteiger partial charge is 0.520 e. The molecule has 0 fully saturated rings. The molecular formula is C22H5BF12O2. The highest BCUT2D eigenvalue weighted by molar-refractivity contribution is 6.63. The van der Waals surface area contributed by atoms with E-state index in [1.54, 1.807) is 0 Å². The van der Waals surface area contributed by atoms with Gasteiger partial charge in [0, 0.05) is 12.1 Å². The first-order valence-corrected chi connectivity index (χ1v) is 9.58. The number of fused-ring (bicyclic) bond motifs is 1. The quantitative estimate of drug-likeness (QED) is 0.127. The van der Waals surface area contributed by atoms with Gasteiger partial charge in [0.25, 0.3) is 0 Å². The largest absolute Gasteiger partial charge is 0.636 e. The lowest BCUT2D eigenvalue weighted by atomic mass is 9.77. The summed E-state index contributed by atoms with van der Waals surface area (Å²) < 4.78 is 179. The molecule has 4 rings (SSSR count). The average Bonchev–Trinajstić information content (AvgIpc) is 2.84. The van der Waals surface area contributed by atoms with Crippen molar-refractivity contribution >= 4 is 23.4 Å². The molecule has 0 atom stereocenters. The Balaban J connectivity index is 2.01. The van der Waals surface area contributed by atoms with E-state index in [-0.39, 0.29) is 18.2 Å². The van der Waals surface area contributed by atoms with Gasteiger partial charge in [-0.15, -0.1) is 0 Å². The maximum atomic E-state index is 14.7. The van der Waals surface area contributed by atoms with Crippen molar-refractivity contribution in [1.29, 1.82) is 0 Å². The lowest BCUT2D eigenvalue weighted by Gasteiger charge is -2.20. The highest BCUT2D eigenvalue weighted by atomic mass is 19.2. The van der Waals surface area contributed by atoms with Crippen LogP contribution >= 0.6 is 0 Å². The van der Waals surface area contributed by atoms with Crippen molar-refractivity contribution < 1.29 is 62.0 Å². The van der Waals surface area contributed by atoms with Gasteiger partial charge in [0.1, 0.15) is 17.4 Å². The van der Waals surface area contributed by atoms with Crippen LogP contribution in [0, 0.1) is 69.8 Å². The minimum atomic E-state index is -2.83. The Morgan fingerprint density at radius 1 is 0.459 bits per heavy atom. The molecule has 0 saturated heterocycles. The normalized spacial score (nSPS) is 11.2. The van der Waals surface area contributed by atoms with Crippen LogP contribution < -0.4 is 14.8 Å². The molecule has 2 nitrogen and oxygen atoms in total. The summed E-state index contributed by atoms with van der Waals surface area (Å²) in [6, 6.07) is 1.45. The van der Waals surface area contributed by atoms with Gasteiger partial charge in [-0.25, -0.2) is 48.3 Å². The fraction of sp³-hybridized carbons (Fsp3) is 0. The minimum absolute atomic E-state index is 0.00904. The van der Waals surface area contributed by atoms with Gasteiger partial charge in [0.15, 0.2) is 58.1 Å². The highest BCUT2D eigenvalue weighted by Gasteiger charge is 2.38. The summed E-state index contributed by atoms with van der Waals surface area (Å²) in [7, 11) is -2.83. The average molecular weight is 540 g/mol. The van der Waals surface area contributed by atoms with Gasteiger partial charge >= 0.3 is 7.12 Å². The van der Waals surface area contributed by atoms with Crippen molar-refractivity contribution in [2.45, 2.75) is 0 Å². The van der Waals surface area contributed by atoms with Crippen LogP contribution in [0.5, 0.6) is 11.5 Å². The third-order valence-corrected chi connectivity index (χ3v) is 4.93. The zero-order chi connectivity index (χ0) is 27.3. The van der Waals surface area contributed by atoms with Crippen LogP contribution in [0.3, 0.4) is 0 Å². The van der Waals surface area contributed by atoms with Crippen molar-refractivity contribution in [2.24, 2.45) is 0 Å². The van der Waals surface area contributed by atoms with Crippen LogP contribution in [-0.4, -0.2) is 7.12 Å². The molecule has 37 heavy (non-hydrogen) atoms. The molecule has 15 heteroatoms. The van der Waals surface area contributed by atoms with E-state index in [0.29, 0.717) is 12.1 Å². The Hall–Kier alpha value is -4.04. The van der Waals surface area contributed by atoms with E-state index in [4.69, 9.17) is 9.31 Å². The van der Waals surface area contributed by atoms with Gasteiger partial charge in [-0.05, 0) is 18.2 Å². The van der Waals surface area contributed by atoms with Gasteiger partial charge in [-0.3, -0.25) is 0 Å². The molecule has 192 valence electrons. The molecule has 0 heterocycles. The summed E-state index contributed by atoms with van der Waals surface area (Å²) in [6.45, 7) is 0. The first-order valence-electron chi connectivity index (χ1n) is 9.58. The van der Waals surface area contributed by atoms with Crippen LogP contribution in [0.15, 0.2) is 30.3 Å². The van der Waals surface area contributed by atoms with Crippen LogP contribution in [0.25, 0.3) is 10.8 Å². The van der Waals surface area contributed by atoms with Crippen molar-refractivity contribution in [1.82, 2.24) is 0 Å². The van der Waals surface area contributed by atoms with Crippen molar-refractivity contribution in [3.63, 3.8) is 0 Å². The van der Waals surface area contributed by atoms with Gasteiger partial charge in [-0.2, -0.15) is 4.39 Å². The number of rotatable bonds is 5. The first kappa shape index (κ1) is 26.0. The molecule has 0 aliphatic carbocycles. The summed E-state index contributed by atoms with van der Waals surface area (Å²) >= 11 is 0. The summed E-state index contributed by atoms with van der Waals surface area (Å²) in [6.07, 6.45) is 0. The Morgan fingerprint density at radius 3 is 1.59 bits per heavy atom. The minimum Gasteiger partial charge on any atom is -0.520 e. The molecular weight excluding hydrogens is 535 g/mol. The van der Waals surface area contributed by atoms with Crippen LogP contribution in [-0.2, 0) is 0 Å². The van der Waals surface area contributed by atoms with Crippen molar-refractivity contribution in [3.8, 4) is 11.5 Å². The topological polar surface area (TPSA) is 18.5 Å². The summed E-state index contributed by atoms with van der Waals surface area (Å²) in [4.78, 5) is 0. The lowest BCUT2D eigenvalue weighted by Crippen LogP contribution is -2.45. The van der Waals surface area contributed by atoms with E-state index in [2.05, 4.69) is 0 Å². The van der Waals surface area contributed by atoms with Gasteiger partial charge < -0.3 is 9.31 Å². The zero-order valence-electron chi connectivity index (χ0n) is 17.3. The Labute approximate surface area is 197 Å². The molecule has 0 bridgehead atoms. The Bertz CT molecular complexity index is 1570. The fourth-order valence-corrected chi connectivity index (χ4v) is 3.27. The predicted molar refractivity (Wildman–Crippen MR) is 103 cm³/mol. The van der Waals surface area contributed by atoms with Crippen LogP contribution in [0.1, 0.15) is 0 Å². The molecule has 0 radical (unpaired) electrons. The molecule has 0 N–H and O–H groups in total. The predicted octanol–water partition coefficient (Wildman–Crippen LogP) is 6.36.